The van der Waals surface area contributed by atoms with E-state index >= 15 is 0 Å². The number of piperidine rings is 1. The summed E-state index contributed by atoms with van der Waals surface area (Å²) in [5.74, 6) is -3.65. The van der Waals surface area contributed by atoms with Crippen LogP contribution in [0.1, 0.15) is 52.9 Å². The number of nitrogens with zero attached hydrogens (tertiary/aromatic N) is 3. The van der Waals surface area contributed by atoms with Gasteiger partial charge >= 0.3 is 5.97 Å². The molecular formula is C25H26F2N4O3. The maximum atomic E-state index is 14.5. The Kier molecular flexibility index (Phi) is 5.11. The molecule has 2 fully saturated rings. The summed E-state index contributed by atoms with van der Waals surface area (Å²) in [4.78, 5) is 31.3. The minimum absolute atomic E-state index is 0.106. The zero-order chi connectivity index (χ0) is 24.4. The smallest absolute Gasteiger partial charge is 0.337 e. The molecule has 3 aromatic rings. The fourth-order valence-corrected chi connectivity index (χ4v) is 5.42. The van der Waals surface area contributed by atoms with Gasteiger partial charge in [0, 0.05) is 30.4 Å². The van der Waals surface area contributed by atoms with Crippen LogP contribution in [-0.4, -0.2) is 39.0 Å². The first-order valence-corrected chi connectivity index (χ1v) is 11.3. The Morgan fingerprint density at radius 3 is 2.71 bits per heavy atom. The summed E-state index contributed by atoms with van der Waals surface area (Å²) in [5, 5.41) is 12.7. The van der Waals surface area contributed by atoms with Crippen LogP contribution in [0, 0.1) is 19.8 Å². The molecule has 1 saturated heterocycles. The van der Waals surface area contributed by atoms with E-state index in [0.717, 1.165) is 5.56 Å². The third-order valence-electron chi connectivity index (χ3n) is 6.99. The molecule has 2 aliphatic rings. The molecule has 0 amide bonds. The summed E-state index contributed by atoms with van der Waals surface area (Å²) in [6.07, 6.45) is 1.97. The Labute approximate surface area is 195 Å². The molecular weight excluding hydrogens is 442 g/mol. The lowest BCUT2D eigenvalue weighted by molar-refractivity contribution is -0.0207. The first-order chi connectivity index (χ1) is 16.1. The van der Waals surface area contributed by atoms with Crippen molar-refractivity contribution in [2.24, 2.45) is 5.92 Å². The Hall–Kier alpha value is -3.49. The Morgan fingerprint density at radius 2 is 2.03 bits per heavy atom. The topological polar surface area (TPSA) is 86.9 Å². The number of carbonyl (C=O) groups is 1. The number of pyridine rings is 1. The molecule has 3 atom stereocenters. The number of hydrogen-bond donors (Lipinski definition) is 2. The van der Waals surface area contributed by atoms with Gasteiger partial charge in [-0.05, 0) is 56.9 Å². The van der Waals surface area contributed by atoms with Gasteiger partial charge in [-0.25, -0.2) is 18.6 Å². The highest BCUT2D eigenvalue weighted by atomic mass is 19.3. The number of aromatic nitrogens is 2. The number of nitrogens with one attached hydrogen (secondary N) is 1. The van der Waals surface area contributed by atoms with Crippen molar-refractivity contribution in [3.05, 3.63) is 69.1 Å². The van der Waals surface area contributed by atoms with Crippen molar-refractivity contribution in [2.45, 2.75) is 51.6 Å². The van der Waals surface area contributed by atoms with E-state index in [9.17, 15) is 23.5 Å². The van der Waals surface area contributed by atoms with Crippen LogP contribution in [0.2, 0.25) is 0 Å². The standard InChI is InChI=1S/C25H26F2N4O3/c1-13-8-18(15(3)28-19-7-5-4-6-17(19)24(33)34)22-29-21(14(2)23(32)31(22)11-13)30-12-16-9-20(30)25(26,27)10-16/h4-8,11,15-16,20,28H,9-10,12H2,1-3H3,(H,33,34)/t15-,16?,20?/m1/s1. The van der Waals surface area contributed by atoms with Crippen LogP contribution in [0.15, 0.2) is 41.3 Å². The van der Waals surface area contributed by atoms with Gasteiger partial charge in [-0.15, -0.1) is 0 Å². The quantitative estimate of drug-likeness (QED) is 0.577. The van der Waals surface area contributed by atoms with E-state index in [1.807, 2.05) is 19.9 Å². The summed E-state index contributed by atoms with van der Waals surface area (Å²) in [6, 6.07) is 7.10. The Balaban J connectivity index is 1.62. The summed E-state index contributed by atoms with van der Waals surface area (Å²) in [5.41, 5.74) is 2.48. The van der Waals surface area contributed by atoms with E-state index in [1.165, 1.54) is 10.5 Å². The second kappa shape index (κ2) is 7.78. The molecule has 1 aliphatic carbocycles. The van der Waals surface area contributed by atoms with Crippen molar-refractivity contribution in [2.75, 3.05) is 16.8 Å². The normalized spacial score (nSPS) is 21.7. The van der Waals surface area contributed by atoms with E-state index in [-0.39, 0.29) is 23.5 Å². The number of carboxylic acid groups (broad SMARTS) is 1. The molecule has 34 heavy (non-hydrogen) atoms. The van der Waals surface area contributed by atoms with E-state index in [2.05, 4.69) is 5.32 Å². The number of fused-ring (bicyclic) bond motifs is 3. The number of aromatic carboxylic acids is 1. The summed E-state index contributed by atoms with van der Waals surface area (Å²) < 4.78 is 30.5. The molecule has 3 heterocycles. The Morgan fingerprint density at radius 1 is 1.29 bits per heavy atom. The summed E-state index contributed by atoms with van der Waals surface area (Å²) in [6.45, 7) is 5.81. The maximum Gasteiger partial charge on any atom is 0.337 e. The third-order valence-corrected chi connectivity index (χ3v) is 6.99. The van der Waals surface area contributed by atoms with E-state index in [1.54, 1.807) is 36.2 Å². The molecule has 2 N–H and O–H groups in total. The zero-order valence-corrected chi connectivity index (χ0v) is 19.2. The van der Waals surface area contributed by atoms with Crippen LogP contribution >= 0.6 is 0 Å². The van der Waals surface area contributed by atoms with Gasteiger partial charge in [0.05, 0.1) is 23.2 Å². The molecule has 9 heteroatoms. The van der Waals surface area contributed by atoms with Crippen LogP contribution in [0.3, 0.4) is 0 Å². The SMILES string of the molecule is Cc1cc([C@@H](C)Nc2ccccc2C(=O)O)c2nc(N3CC4CC3C(F)(F)C4)c(C)c(=O)n2c1. The number of alkyl halides is 2. The van der Waals surface area contributed by atoms with Gasteiger partial charge < -0.3 is 15.3 Å². The predicted molar refractivity (Wildman–Crippen MR) is 125 cm³/mol. The summed E-state index contributed by atoms with van der Waals surface area (Å²) >= 11 is 0. The maximum absolute atomic E-state index is 14.5. The van der Waals surface area contributed by atoms with Crippen LogP contribution in [0.25, 0.3) is 5.65 Å². The lowest BCUT2D eigenvalue weighted by atomic mass is 10.0. The molecule has 2 bridgehead atoms. The number of carboxylic acids is 1. The molecule has 0 radical (unpaired) electrons. The first kappa shape index (κ1) is 22.3. The van der Waals surface area contributed by atoms with Crippen molar-refractivity contribution < 1.29 is 18.7 Å². The second-order valence-corrected chi connectivity index (χ2v) is 9.48. The number of para-hydroxylation sites is 1. The fraction of sp³-hybridized carbons (Fsp3) is 0.400. The number of benzene rings is 1. The van der Waals surface area contributed by atoms with Gasteiger partial charge in [0.1, 0.15) is 11.5 Å². The minimum Gasteiger partial charge on any atom is -0.478 e. The van der Waals surface area contributed by atoms with Gasteiger partial charge in [-0.2, -0.15) is 0 Å². The number of hydrogen-bond acceptors (Lipinski definition) is 5. The van der Waals surface area contributed by atoms with Gasteiger partial charge in [0.2, 0.25) is 0 Å². The molecule has 5 rings (SSSR count). The lowest BCUT2D eigenvalue weighted by Gasteiger charge is -2.34. The van der Waals surface area contributed by atoms with Crippen molar-refractivity contribution >= 4 is 23.1 Å². The van der Waals surface area contributed by atoms with Gasteiger partial charge in [0.25, 0.3) is 11.5 Å². The molecule has 2 aromatic heterocycles. The number of rotatable bonds is 5. The molecule has 1 aromatic carbocycles. The highest BCUT2D eigenvalue weighted by molar-refractivity contribution is 5.94. The van der Waals surface area contributed by atoms with Crippen LogP contribution < -0.4 is 15.8 Å². The van der Waals surface area contributed by atoms with Gasteiger partial charge in [0.15, 0.2) is 0 Å². The average molecular weight is 469 g/mol. The molecule has 1 saturated carbocycles. The lowest BCUT2D eigenvalue weighted by Crippen LogP contribution is -2.47. The Bertz CT molecular complexity index is 1370. The molecule has 1 aliphatic heterocycles. The highest BCUT2D eigenvalue weighted by Gasteiger charge is 2.57. The van der Waals surface area contributed by atoms with Crippen molar-refractivity contribution in [3.63, 3.8) is 0 Å². The van der Waals surface area contributed by atoms with E-state index < -0.39 is 24.0 Å². The van der Waals surface area contributed by atoms with E-state index in [0.29, 0.717) is 41.2 Å². The van der Waals surface area contributed by atoms with Gasteiger partial charge in [-0.3, -0.25) is 9.20 Å². The molecule has 7 nitrogen and oxygen atoms in total. The monoisotopic (exact) mass is 468 g/mol. The predicted octanol–water partition coefficient (Wildman–Crippen LogP) is 4.42. The van der Waals surface area contributed by atoms with Crippen LogP contribution in [0.5, 0.6) is 0 Å². The van der Waals surface area contributed by atoms with Gasteiger partial charge in [-0.1, -0.05) is 12.1 Å². The summed E-state index contributed by atoms with van der Waals surface area (Å²) in [7, 11) is 0. The molecule has 0 spiro atoms. The number of anilines is 2. The fourth-order valence-electron chi connectivity index (χ4n) is 5.42. The minimum atomic E-state index is -2.80. The largest absolute Gasteiger partial charge is 0.478 e. The second-order valence-electron chi connectivity index (χ2n) is 9.48. The molecule has 178 valence electrons. The zero-order valence-electron chi connectivity index (χ0n) is 19.2. The number of halogens is 2. The molecule has 2 unspecified atom stereocenters. The highest BCUT2D eigenvalue weighted by Crippen LogP contribution is 2.49. The number of aryl methyl sites for hydroxylation is 1. The third kappa shape index (κ3) is 3.50. The van der Waals surface area contributed by atoms with Crippen molar-refractivity contribution in [1.29, 1.82) is 0 Å². The average Bonchev–Trinajstić information content (AvgIpc) is 3.32. The van der Waals surface area contributed by atoms with E-state index in [4.69, 9.17) is 4.98 Å². The first-order valence-electron chi connectivity index (χ1n) is 11.3. The van der Waals surface area contributed by atoms with Crippen LogP contribution in [-0.2, 0) is 0 Å². The van der Waals surface area contributed by atoms with Crippen LogP contribution in [0.4, 0.5) is 20.3 Å². The van der Waals surface area contributed by atoms with Crippen molar-refractivity contribution in [1.82, 2.24) is 9.38 Å². The van der Waals surface area contributed by atoms with Crippen molar-refractivity contribution in [3.8, 4) is 0 Å².